The van der Waals surface area contributed by atoms with Crippen LogP contribution in [0.2, 0.25) is 0 Å². The van der Waals surface area contributed by atoms with Crippen molar-refractivity contribution in [2.75, 3.05) is 13.7 Å². The summed E-state index contributed by atoms with van der Waals surface area (Å²) in [5.74, 6) is 0. The Bertz CT molecular complexity index is 84.6. The minimum Gasteiger partial charge on any atom is -0.384 e. The standard InChI is InChI=1S/C8H16O/c1-4-8(5-2)6-7-9-3/h4H,5-7H2,1-3H3. The lowest BCUT2D eigenvalue weighted by Gasteiger charge is -2.00. The van der Waals surface area contributed by atoms with Gasteiger partial charge in [-0.15, -0.1) is 0 Å². The second kappa shape index (κ2) is 5.83. The SMILES string of the molecule is CC=C(CC)CCOC. The van der Waals surface area contributed by atoms with Crippen LogP contribution in [0.25, 0.3) is 0 Å². The zero-order valence-electron chi connectivity index (χ0n) is 6.61. The van der Waals surface area contributed by atoms with E-state index >= 15 is 0 Å². The van der Waals surface area contributed by atoms with Gasteiger partial charge in [-0.3, -0.25) is 0 Å². The monoisotopic (exact) mass is 128 g/mol. The third-order valence-corrected chi connectivity index (χ3v) is 1.49. The first-order chi connectivity index (χ1) is 4.35. The van der Waals surface area contributed by atoms with E-state index in [0.717, 1.165) is 19.4 Å². The summed E-state index contributed by atoms with van der Waals surface area (Å²) in [6.07, 6.45) is 4.41. The fourth-order valence-electron chi connectivity index (χ4n) is 0.758. The van der Waals surface area contributed by atoms with Crippen molar-refractivity contribution >= 4 is 0 Å². The van der Waals surface area contributed by atoms with Crippen molar-refractivity contribution in [1.29, 1.82) is 0 Å². The van der Waals surface area contributed by atoms with Crippen LogP contribution in [0.15, 0.2) is 11.6 Å². The van der Waals surface area contributed by atoms with E-state index in [0.29, 0.717) is 0 Å². The Hall–Kier alpha value is -0.300. The summed E-state index contributed by atoms with van der Waals surface area (Å²) >= 11 is 0. The van der Waals surface area contributed by atoms with E-state index < -0.39 is 0 Å². The number of allylic oxidation sites excluding steroid dienone is 1. The summed E-state index contributed by atoms with van der Waals surface area (Å²) in [6.45, 7) is 5.10. The third-order valence-electron chi connectivity index (χ3n) is 1.49. The molecule has 0 spiro atoms. The fourth-order valence-corrected chi connectivity index (χ4v) is 0.758. The summed E-state index contributed by atoms with van der Waals surface area (Å²) in [5, 5.41) is 0. The highest BCUT2D eigenvalue weighted by Crippen LogP contribution is 2.04. The highest BCUT2D eigenvalue weighted by atomic mass is 16.5. The predicted molar refractivity (Wildman–Crippen MR) is 40.5 cm³/mol. The van der Waals surface area contributed by atoms with Gasteiger partial charge >= 0.3 is 0 Å². The molecule has 0 saturated heterocycles. The van der Waals surface area contributed by atoms with Crippen molar-refractivity contribution in [1.82, 2.24) is 0 Å². The summed E-state index contributed by atoms with van der Waals surface area (Å²) in [4.78, 5) is 0. The Kier molecular flexibility index (Phi) is 5.64. The molecule has 0 radical (unpaired) electrons. The van der Waals surface area contributed by atoms with E-state index in [1.807, 2.05) is 0 Å². The van der Waals surface area contributed by atoms with Crippen LogP contribution in [-0.2, 0) is 4.74 Å². The van der Waals surface area contributed by atoms with Crippen molar-refractivity contribution in [3.8, 4) is 0 Å². The maximum absolute atomic E-state index is 4.94. The predicted octanol–water partition coefficient (Wildman–Crippen LogP) is 2.38. The molecule has 0 fully saturated rings. The van der Waals surface area contributed by atoms with Gasteiger partial charge in [0.15, 0.2) is 0 Å². The summed E-state index contributed by atoms with van der Waals surface area (Å²) < 4.78 is 4.94. The van der Waals surface area contributed by atoms with E-state index in [1.54, 1.807) is 7.11 Å². The second-order valence-electron chi connectivity index (χ2n) is 2.04. The Morgan fingerprint density at radius 3 is 2.56 bits per heavy atom. The fraction of sp³-hybridized carbons (Fsp3) is 0.750. The van der Waals surface area contributed by atoms with Crippen LogP contribution in [0.1, 0.15) is 26.7 Å². The Morgan fingerprint density at radius 2 is 2.22 bits per heavy atom. The number of methoxy groups -OCH3 is 1. The molecule has 54 valence electrons. The molecular weight excluding hydrogens is 112 g/mol. The van der Waals surface area contributed by atoms with Crippen LogP contribution in [0.4, 0.5) is 0 Å². The van der Waals surface area contributed by atoms with Crippen molar-refractivity contribution < 1.29 is 4.74 Å². The maximum atomic E-state index is 4.94. The summed E-state index contributed by atoms with van der Waals surface area (Å²) in [6, 6.07) is 0. The van der Waals surface area contributed by atoms with Crippen LogP contribution in [0.5, 0.6) is 0 Å². The van der Waals surface area contributed by atoms with E-state index in [-0.39, 0.29) is 0 Å². The number of rotatable bonds is 4. The molecule has 0 aromatic carbocycles. The molecule has 0 aliphatic carbocycles. The van der Waals surface area contributed by atoms with Crippen LogP contribution < -0.4 is 0 Å². The Morgan fingerprint density at radius 1 is 1.56 bits per heavy atom. The largest absolute Gasteiger partial charge is 0.384 e. The van der Waals surface area contributed by atoms with Gasteiger partial charge in [-0.2, -0.15) is 0 Å². The minimum absolute atomic E-state index is 0.855. The molecule has 0 saturated carbocycles. The van der Waals surface area contributed by atoms with Gasteiger partial charge in [0.05, 0.1) is 0 Å². The Labute approximate surface area is 57.7 Å². The van der Waals surface area contributed by atoms with Crippen LogP contribution >= 0.6 is 0 Å². The lowest BCUT2D eigenvalue weighted by Crippen LogP contribution is -1.90. The van der Waals surface area contributed by atoms with Crippen molar-refractivity contribution in [3.63, 3.8) is 0 Å². The average Bonchev–Trinajstić information content (AvgIpc) is 1.91. The van der Waals surface area contributed by atoms with Crippen molar-refractivity contribution in [2.24, 2.45) is 0 Å². The smallest absolute Gasteiger partial charge is 0.0499 e. The molecule has 0 amide bonds. The van der Waals surface area contributed by atoms with E-state index in [2.05, 4.69) is 19.9 Å². The van der Waals surface area contributed by atoms with Crippen LogP contribution in [-0.4, -0.2) is 13.7 Å². The first kappa shape index (κ1) is 8.70. The molecule has 0 N–H and O–H groups in total. The average molecular weight is 128 g/mol. The van der Waals surface area contributed by atoms with E-state index in [9.17, 15) is 0 Å². The molecule has 0 aliphatic heterocycles. The van der Waals surface area contributed by atoms with Gasteiger partial charge in [-0.25, -0.2) is 0 Å². The quantitative estimate of drug-likeness (QED) is 0.528. The van der Waals surface area contributed by atoms with Gasteiger partial charge < -0.3 is 4.74 Å². The first-order valence-electron chi connectivity index (χ1n) is 3.48. The van der Waals surface area contributed by atoms with E-state index in [1.165, 1.54) is 5.57 Å². The molecule has 1 nitrogen and oxygen atoms in total. The summed E-state index contributed by atoms with van der Waals surface area (Å²) in [7, 11) is 1.74. The zero-order valence-corrected chi connectivity index (χ0v) is 6.61. The van der Waals surface area contributed by atoms with Gasteiger partial charge in [0.2, 0.25) is 0 Å². The van der Waals surface area contributed by atoms with Crippen molar-refractivity contribution in [3.05, 3.63) is 11.6 Å². The van der Waals surface area contributed by atoms with Crippen LogP contribution in [0, 0.1) is 0 Å². The van der Waals surface area contributed by atoms with Gasteiger partial charge in [0.1, 0.15) is 0 Å². The molecular formula is C8H16O. The molecule has 0 heterocycles. The third kappa shape index (κ3) is 4.22. The molecule has 1 heteroatoms. The number of ether oxygens (including phenoxy) is 1. The highest BCUT2D eigenvalue weighted by Gasteiger charge is 1.89. The molecule has 0 aromatic rings. The number of hydrogen-bond donors (Lipinski definition) is 0. The van der Waals surface area contributed by atoms with Crippen LogP contribution in [0.3, 0.4) is 0 Å². The molecule has 0 aliphatic rings. The van der Waals surface area contributed by atoms with E-state index in [4.69, 9.17) is 4.74 Å². The molecule has 0 unspecified atom stereocenters. The molecule has 0 aromatic heterocycles. The Balaban J connectivity index is 3.33. The van der Waals surface area contributed by atoms with Gasteiger partial charge in [-0.05, 0) is 19.8 Å². The second-order valence-corrected chi connectivity index (χ2v) is 2.04. The topological polar surface area (TPSA) is 9.23 Å². The lowest BCUT2D eigenvalue weighted by atomic mass is 10.1. The van der Waals surface area contributed by atoms with Crippen molar-refractivity contribution in [2.45, 2.75) is 26.7 Å². The first-order valence-corrected chi connectivity index (χ1v) is 3.48. The maximum Gasteiger partial charge on any atom is 0.0499 e. The molecule has 0 bridgehead atoms. The van der Waals surface area contributed by atoms with Gasteiger partial charge in [0.25, 0.3) is 0 Å². The van der Waals surface area contributed by atoms with Gasteiger partial charge in [0, 0.05) is 13.7 Å². The normalized spacial score (nSPS) is 12.1. The minimum atomic E-state index is 0.855. The molecule has 0 rings (SSSR count). The summed E-state index contributed by atoms with van der Waals surface area (Å²) in [5.41, 5.74) is 1.48. The zero-order chi connectivity index (χ0) is 7.11. The lowest BCUT2D eigenvalue weighted by molar-refractivity contribution is 0.201. The molecule has 0 atom stereocenters. The molecule has 9 heavy (non-hydrogen) atoms. The number of hydrogen-bond acceptors (Lipinski definition) is 1. The highest BCUT2D eigenvalue weighted by molar-refractivity contribution is 4.98. The van der Waals surface area contributed by atoms with Gasteiger partial charge in [-0.1, -0.05) is 18.6 Å².